The zero-order valence-electron chi connectivity index (χ0n) is 13.5. The third-order valence-electron chi connectivity index (χ3n) is 4.63. The average molecular weight is 325 g/mol. The predicted molar refractivity (Wildman–Crippen MR) is 88.6 cm³/mol. The summed E-state index contributed by atoms with van der Waals surface area (Å²) >= 11 is 0. The highest BCUT2D eigenvalue weighted by atomic mass is 16.5. The Labute approximate surface area is 139 Å². The first-order valence-electron chi connectivity index (χ1n) is 8.25. The molecule has 3 aromatic heterocycles. The zero-order valence-corrected chi connectivity index (χ0v) is 13.5. The van der Waals surface area contributed by atoms with Crippen LogP contribution in [0.1, 0.15) is 48.5 Å². The van der Waals surface area contributed by atoms with E-state index in [2.05, 4.69) is 24.7 Å². The normalized spacial score (nSPS) is 15.7. The Morgan fingerprint density at radius 3 is 2.88 bits per heavy atom. The lowest BCUT2D eigenvalue weighted by atomic mass is 9.95. The number of aromatic amines is 1. The van der Waals surface area contributed by atoms with Gasteiger partial charge in [0.1, 0.15) is 5.69 Å². The summed E-state index contributed by atoms with van der Waals surface area (Å²) in [6.07, 6.45) is 9.41. The number of methoxy groups -OCH3 is 1. The van der Waals surface area contributed by atoms with Gasteiger partial charge in [-0.15, -0.1) is 0 Å². The van der Waals surface area contributed by atoms with Crippen LogP contribution in [0.5, 0.6) is 0 Å². The van der Waals surface area contributed by atoms with E-state index in [4.69, 9.17) is 4.74 Å². The van der Waals surface area contributed by atoms with Gasteiger partial charge in [-0.1, -0.05) is 19.3 Å². The summed E-state index contributed by atoms with van der Waals surface area (Å²) in [5, 5.41) is 4.50. The molecule has 7 heteroatoms. The van der Waals surface area contributed by atoms with Crippen molar-refractivity contribution in [1.29, 1.82) is 0 Å². The molecule has 0 unspecified atom stereocenters. The van der Waals surface area contributed by atoms with Gasteiger partial charge in [0.15, 0.2) is 11.5 Å². The van der Waals surface area contributed by atoms with Crippen molar-refractivity contribution in [1.82, 2.24) is 24.7 Å². The molecule has 1 aliphatic carbocycles. The van der Waals surface area contributed by atoms with Gasteiger partial charge in [0.05, 0.1) is 24.2 Å². The molecule has 0 aliphatic heterocycles. The second kappa shape index (κ2) is 6.07. The SMILES string of the molecule is COC(=O)c1ccnc2nc(-c3ccnn3C3CCCCC3)[nH]c12. The van der Waals surface area contributed by atoms with E-state index in [0.29, 0.717) is 28.6 Å². The van der Waals surface area contributed by atoms with E-state index in [9.17, 15) is 4.79 Å². The van der Waals surface area contributed by atoms with Crippen LogP contribution < -0.4 is 0 Å². The fourth-order valence-electron chi connectivity index (χ4n) is 3.43. The van der Waals surface area contributed by atoms with Crippen molar-refractivity contribution < 1.29 is 9.53 Å². The first-order valence-corrected chi connectivity index (χ1v) is 8.25. The number of carbonyl (C=O) groups is 1. The summed E-state index contributed by atoms with van der Waals surface area (Å²) in [4.78, 5) is 24.0. The molecule has 0 aromatic carbocycles. The summed E-state index contributed by atoms with van der Waals surface area (Å²) in [5.41, 5.74) is 2.46. The number of esters is 1. The Kier molecular flexibility index (Phi) is 3.76. The molecule has 0 spiro atoms. The van der Waals surface area contributed by atoms with Gasteiger partial charge in [-0.25, -0.2) is 14.8 Å². The van der Waals surface area contributed by atoms with Gasteiger partial charge in [0.2, 0.25) is 0 Å². The monoisotopic (exact) mass is 325 g/mol. The van der Waals surface area contributed by atoms with Gasteiger partial charge in [0.25, 0.3) is 0 Å². The molecule has 3 heterocycles. The van der Waals surface area contributed by atoms with E-state index >= 15 is 0 Å². The van der Waals surface area contributed by atoms with E-state index in [1.165, 1.54) is 26.4 Å². The summed E-state index contributed by atoms with van der Waals surface area (Å²) in [6.45, 7) is 0. The molecule has 1 N–H and O–H groups in total. The highest BCUT2D eigenvalue weighted by molar-refractivity contribution is 6.01. The van der Waals surface area contributed by atoms with E-state index in [1.807, 2.05) is 6.07 Å². The van der Waals surface area contributed by atoms with Gasteiger partial charge < -0.3 is 9.72 Å². The number of ether oxygens (including phenoxy) is 1. The Bertz CT molecular complexity index is 876. The van der Waals surface area contributed by atoms with E-state index < -0.39 is 5.97 Å². The molecular formula is C17H19N5O2. The molecule has 1 aliphatic rings. The van der Waals surface area contributed by atoms with E-state index in [0.717, 1.165) is 18.5 Å². The number of hydrogen-bond donors (Lipinski definition) is 1. The molecule has 1 fully saturated rings. The Morgan fingerprint density at radius 2 is 2.08 bits per heavy atom. The number of nitrogens with zero attached hydrogens (tertiary/aromatic N) is 4. The van der Waals surface area contributed by atoms with Crippen LogP contribution in [-0.4, -0.2) is 37.8 Å². The lowest BCUT2D eigenvalue weighted by Crippen LogP contribution is -2.15. The van der Waals surface area contributed by atoms with E-state index in [1.54, 1.807) is 18.5 Å². The third kappa shape index (κ3) is 2.46. The smallest absolute Gasteiger partial charge is 0.340 e. The quantitative estimate of drug-likeness (QED) is 0.748. The molecule has 0 saturated heterocycles. The lowest BCUT2D eigenvalue weighted by Gasteiger charge is -2.23. The van der Waals surface area contributed by atoms with Crippen molar-refractivity contribution in [3.8, 4) is 11.5 Å². The van der Waals surface area contributed by atoms with Gasteiger partial charge in [-0.05, 0) is 25.0 Å². The van der Waals surface area contributed by atoms with Crippen molar-refractivity contribution >= 4 is 17.1 Å². The molecule has 0 atom stereocenters. The van der Waals surface area contributed by atoms with E-state index in [-0.39, 0.29) is 0 Å². The number of aromatic nitrogens is 5. The van der Waals surface area contributed by atoms with Crippen LogP contribution in [0.15, 0.2) is 24.5 Å². The average Bonchev–Trinajstić information content (AvgIpc) is 3.27. The minimum atomic E-state index is -0.404. The van der Waals surface area contributed by atoms with Crippen molar-refractivity contribution in [2.24, 2.45) is 0 Å². The highest BCUT2D eigenvalue weighted by Crippen LogP contribution is 2.31. The zero-order chi connectivity index (χ0) is 16.5. The third-order valence-corrected chi connectivity index (χ3v) is 4.63. The number of H-pyrrole nitrogens is 1. The predicted octanol–water partition coefficient (Wildman–Crippen LogP) is 3.11. The van der Waals surface area contributed by atoms with Gasteiger partial charge in [-0.2, -0.15) is 5.10 Å². The Balaban J connectivity index is 1.78. The Hall–Kier alpha value is -2.70. The van der Waals surface area contributed by atoms with Crippen LogP contribution in [0, 0.1) is 0 Å². The molecule has 0 radical (unpaired) electrons. The maximum Gasteiger partial charge on any atom is 0.340 e. The minimum absolute atomic E-state index is 0.404. The summed E-state index contributed by atoms with van der Waals surface area (Å²) in [5.74, 6) is 0.273. The summed E-state index contributed by atoms with van der Waals surface area (Å²) < 4.78 is 6.88. The van der Waals surface area contributed by atoms with Crippen LogP contribution in [0.2, 0.25) is 0 Å². The number of nitrogens with one attached hydrogen (secondary N) is 1. The fraction of sp³-hybridized carbons (Fsp3) is 0.412. The Morgan fingerprint density at radius 1 is 1.25 bits per heavy atom. The van der Waals surface area contributed by atoms with Crippen LogP contribution >= 0.6 is 0 Å². The molecule has 0 bridgehead atoms. The minimum Gasteiger partial charge on any atom is -0.465 e. The number of rotatable bonds is 3. The number of carbonyl (C=O) groups excluding carboxylic acids is 1. The highest BCUT2D eigenvalue weighted by Gasteiger charge is 2.21. The maximum atomic E-state index is 11.9. The topological polar surface area (TPSA) is 85.7 Å². The van der Waals surface area contributed by atoms with Crippen molar-refractivity contribution in [2.45, 2.75) is 38.1 Å². The van der Waals surface area contributed by atoms with Crippen LogP contribution in [0.3, 0.4) is 0 Å². The largest absolute Gasteiger partial charge is 0.465 e. The first kappa shape index (κ1) is 14.9. The maximum absolute atomic E-state index is 11.9. The van der Waals surface area contributed by atoms with Gasteiger partial charge in [0, 0.05) is 12.4 Å². The molecule has 7 nitrogen and oxygen atoms in total. The van der Waals surface area contributed by atoms with Crippen molar-refractivity contribution in [2.75, 3.05) is 7.11 Å². The van der Waals surface area contributed by atoms with Crippen molar-refractivity contribution in [3.63, 3.8) is 0 Å². The number of imidazole rings is 1. The van der Waals surface area contributed by atoms with Crippen LogP contribution in [-0.2, 0) is 4.74 Å². The van der Waals surface area contributed by atoms with Gasteiger partial charge in [-0.3, -0.25) is 4.68 Å². The summed E-state index contributed by atoms with van der Waals surface area (Å²) in [7, 11) is 1.37. The molecule has 0 amide bonds. The molecule has 24 heavy (non-hydrogen) atoms. The number of pyridine rings is 1. The molecular weight excluding hydrogens is 306 g/mol. The molecule has 3 aromatic rings. The van der Waals surface area contributed by atoms with Gasteiger partial charge >= 0.3 is 5.97 Å². The number of fused-ring (bicyclic) bond motifs is 1. The van der Waals surface area contributed by atoms with Crippen LogP contribution in [0.25, 0.3) is 22.7 Å². The lowest BCUT2D eigenvalue weighted by molar-refractivity contribution is 0.0602. The second-order valence-electron chi connectivity index (χ2n) is 6.09. The molecule has 124 valence electrons. The standard InChI is InChI=1S/C17H19N5O2/c1-24-17(23)12-7-9-18-16-14(12)20-15(21-16)13-8-10-19-22(13)11-5-3-2-4-6-11/h7-11H,2-6H2,1H3,(H,18,20,21). The molecule has 1 saturated carbocycles. The van der Waals surface area contributed by atoms with Crippen LogP contribution in [0.4, 0.5) is 0 Å². The summed E-state index contributed by atoms with van der Waals surface area (Å²) in [6, 6.07) is 3.99. The fourth-order valence-corrected chi connectivity index (χ4v) is 3.43. The first-order chi connectivity index (χ1) is 11.8. The molecule has 4 rings (SSSR count). The van der Waals surface area contributed by atoms with Crippen molar-refractivity contribution in [3.05, 3.63) is 30.1 Å². The number of hydrogen-bond acceptors (Lipinski definition) is 5. The second-order valence-corrected chi connectivity index (χ2v) is 6.09.